The van der Waals surface area contributed by atoms with Gasteiger partial charge in [-0.2, -0.15) is 0 Å². The third-order valence-electron chi connectivity index (χ3n) is 3.19. The lowest BCUT2D eigenvalue weighted by molar-refractivity contribution is 0.0738. The van der Waals surface area contributed by atoms with E-state index in [1.807, 2.05) is 18.5 Å². The summed E-state index contributed by atoms with van der Waals surface area (Å²) >= 11 is 3.22. The lowest BCUT2D eigenvalue weighted by Gasteiger charge is -2.23. The Morgan fingerprint density at radius 1 is 1.50 bits per heavy atom. The van der Waals surface area contributed by atoms with Crippen LogP contribution in [0.5, 0.6) is 0 Å². The van der Waals surface area contributed by atoms with Gasteiger partial charge in [0.2, 0.25) is 0 Å². The van der Waals surface area contributed by atoms with E-state index in [1.54, 1.807) is 16.2 Å². The molecule has 1 atom stereocenters. The van der Waals surface area contributed by atoms with Crippen LogP contribution in [0.4, 0.5) is 0 Å². The summed E-state index contributed by atoms with van der Waals surface area (Å²) in [6, 6.07) is 4.29. The molecule has 20 heavy (non-hydrogen) atoms. The zero-order chi connectivity index (χ0) is 14.5. The molecule has 2 aromatic heterocycles. The van der Waals surface area contributed by atoms with Crippen LogP contribution in [0.3, 0.4) is 0 Å². The van der Waals surface area contributed by atoms with Crippen molar-refractivity contribution in [1.29, 1.82) is 0 Å². The predicted octanol–water partition coefficient (Wildman–Crippen LogP) is 2.41. The highest BCUT2D eigenvalue weighted by Crippen LogP contribution is 2.16. The van der Waals surface area contributed by atoms with Gasteiger partial charge in [0.1, 0.15) is 5.69 Å². The van der Waals surface area contributed by atoms with Crippen molar-refractivity contribution in [2.75, 3.05) is 13.6 Å². The van der Waals surface area contributed by atoms with Crippen LogP contribution < -0.4 is 5.73 Å². The van der Waals surface area contributed by atoms with E-state index in [1.165, 1.54) is 16.2 Å². The first-order valence-electron chi connectivity index (χ1n) is 6.55. The first kappa shape index (κ1) is 15.2. The van der Waals surface area contributed by atoms with Crippen LogP contribution >= 0.6 is 22.7 Å². The van der Waals surface area contributed by atoms with Gasteiger partial charge in [0.05, 0.1) is 5.01 Å². The number of likely N-dealkylation sites (N-methyl/N-ethyl adjacent to an activating group) is 1. The molecule has 0 radical (unpaired) electrons. The van der Waals surface area contributed by atoms with E-state index in [0.29, 0.717) is 12.2 Å². The first-order chi connectivity index (χ1) is 9.61. The number of rotatable bonds is 6. The Labute approximate surface area is 127 Å². The Bertz CT molecular complexity index is 551. The predicted molar refractivity (Wildman–Crippen MR) is 84.5 cm³/mol. The standard InChI is InChI=1S/C14H19N3OS2/c1-10(8-11-4-3-7-19-11)17(2)14(18)12-9-20-13(16-12)5-6-15/h3-4,7,9-10H,5-6,8,15H2,1-2H3. The molecule has 2 aromatic rings. The molecule has 4 nitrogen and oxygen atoms in total. The average molecular weight is 309 g/mol. The van der Waals surface area contributed by atoms with Crippen molar-refractivity contribution in [3.8, 4) is 0 Å². The normalized spacial score (nSPS) is 12.3. The van der Waals surface area contributed by atoms with Crippen LogP contribution in [0.15, 0.2) is 22.9 Å². The van der Waals surface area contributed by atoms with Gasteiger partial charge in [-0.05, 0) is 24.9 Å². The number of amides is 1. The van der Waals surface area contributed by atoms with Gasteiger partial charge in [-0.15, -0.1) is 22.7 Å². The lowest BCUT2D eigenvalue weighted by Crippen LogP contribution is -2.36. The molecule has 0 aliphatic carbocycles. The van der Waals surface area contributed by atoms with Gasteiger partial charge < -0.3 is 10.6 Å². The summed E-state index contributed by atoms with van der Waals surface area (Å²) < 4.78 is 0. The van der Waals surface area contributed by atoms with Gasteiger partial charge >= 0.3 is 0 Å². The van der Waals surface area contributed by atoms with Crippen molar-refractivity contribution in [3.05, 3.63) is 38.5 Å². The molecule has 0 saturated heterocycles. The second-order valence-electron chi connectivity index (χ2n) is 4.71. The van der Waals surface area contributed by atoms with Gasteiger partial charge in [0.15, 0.2) is 0 Å². The first-order valence-corrected chi connectivity index (χ1v) is 8.31. The highest BCUT2D eigenvalue weighted by atomic mass is 32.1. The van der Waals surface area contributed by atoms with Crippen LogP contribution in [0.2, 0.25) is 0 Å². The van der Waals surface area contributed by atoms with Gasteiger partial charge in [-0.1, -0.05) is 6.07 Å². The Morgan fingerprint density at radius 3 is 2.95 bits per heavy atom. The zero-order valence-electron chi connectivity index (χ0n) is 11.7. The zero-order valence-corrected chi connectivity index (χ0v) is 13.3. The molecule has 1 amide bonds. The monoisotopic (exact) mass is 309 g/mol. The molecule has 1 unspecified atom stereocenters. The van der Waals surface area contributed by atoms with E-state index in [2.05, 4.69) is 23.4 Å². The number of carbonyl (C=O) groups is 1. The van der Waals surface area contributed by atoms with Crippen molar-refractivity contribution >= 4 is 28.6 Å². The fourth-order valence-corrected chi connectivity index (χ4v) is 3.50. The Morgan fingerprint density at radius 2 is 2.30 bits per heavy atom. The topological polar surface area (TPSA) is 59.2 Å². The molecule has 0 fully saturated rings. The number of nitrogens with zero attached hydrogens (tertiary/aromatic N) is 2. The maximum Gasteiger partial charge on any atom is 0.273 e. The summed E-state index contributed by atoms with van der Waals surface area (Å²) in [6.45, 7) is 2.62. The van der Waals surface area contributed by atoms with Gasteiger partial charge in [0, 0.05) is 36.2 Å². The highest BCUT2D eigenvalue weighted by molar-refractivity contribution is 7.10. The molecular formula is C14H19N3OS2. The van der Waals surface area contributed by atoms with Gasteiger partial charge in [-0.3, -0.25) is 4.79 Å². The van der Waals surface area contributed by atoms with Crippen LogP contribution in [0.1, 0.15) is 27.3 Å². The van der Waals surface area contributed by atoms with E-state index in [-0.39, 0.29) is 11.9 Å². The fourth-order valence-electron chi connectivity index (χ4n) is 1.89. The molecule has 0 aliphatic heterocycles. The van der Waals surface area contributed by atoms with Gasteiger partial charge in [-0.25, -0.2) is 4.98 Å². The van der Waals surface area contributed by atoms with E-state index >= 15 is 0 Å². The number of thiazole rings is 1. The SMILES string of the molecule is CC(Cc1cccs1)N(C)C(=O)c1csc(CCN)n1. The van der Waals surface area contributed by atoms with E-state index < -0.39 is 0 Å². The van der Waals surface area contributed by atoms with Crippen molar-refractivity contribution < 1.29 is 4.79 Å². The van der Waals surface area contributed by atoms with E-state index in [9.17, 15) is 4.79 Å². The van der Waals surface area contributed by atoms with Crippen LogP contribution in [-0.4, -0.2) is 35.4 Å². The second-order valence-corrected chi connectivity index (χ2v) is 6.69. The third-order valence-corrected chi connectivity index (χ3v) is 4.99. The van der Waals surface area contributed by atoms with Crippen LogP contribution in [-0.2, 0) is 12.8 Å². The summed E-state index contributed by atoms with van der Waals surface area (Å²) in [5, 5.41) is 4.81. The molecule has 0 aliphatic rings. The molecule has 0 saturated carbocycles. The summed E-state index contributed by atoms with van der Waals surface area (Å²) in [4.78, 5) is 19.8. The lowest BCUT2D eigenvalue weighted by atomic mass is 10.2. The number of thiophene rings is 1. The van der Waals surface area contributed by atoms with Crippen molar-refractivity contribution in [2.45, 2.75) is 25.8 Å². The summed E-state index contributed by atoms with van der Waals surface area (Å²) in [5.74, 6) is -0.0198. The van der Waals surface area contributed by atoms with Crippen molar-refractivity contribution in [3.63, 3.8) is 0 Å². The molecule has 2 heterocycles. The fraction of sp³-hybridized carbons (Fsp3) is 0.429. The minimum absolute atomic E-state index is 0.0198. The number of hydrogen-bond donors (Lipinski definition) is 1. The van der Waals surface area contributed by atoms with E-state index in [0.717, 1.165) is 17.8 Å². The molecule has 2 rings (SSSR count). The molecule has 6 heteroatoms. The van der Waals surface area contributed by atoms with Crippen molar-refractivity contribution in [1.82, 2.24) is 9.88 Å². The number of aromatic nitrogens is 1. The molecular weight excluding hydrogens is 290 g/mol. The Kier molecular flexibility index (Phi) is 5.28. The number of nitrogens with two attached hydrogens (primary N) is 1. The molecule has 0 aromatic carbocycles. The number of carbonyl (C=O) groups excluding carboxylic acids is 1. The minimum Gasteiger partial charge on any atom is -0.337 e. The minimum atomic E-state index is -0.0198. The third kappa shape index (κ3) is 3.65. The summed E-state index contributed by atoms with van der Waals surface area (Å²) in [5.41, 5.74) is 6.03. The largest absolute Gasteiger partial charge is 0.337 e. The van der Waals surface area contributed by atoms with Crippen molar-refractivity contribution in [2.24, 2.45) is 5.73 Å². The average Bonchev–Trinajstić information content (AvgIpc) is 3.09. The Hall–Kier alpha value is -1.24. The van der Waals surface area contributed by atoms with Crippen LogP contribution in [0.25, 0.3) is 0 Å². The van der Waals surface area contributed by atoms with Gasteiger partial charge in [0.25, 0.3) is 5.91 Å². The van der Waals surface area contributed by atoms with Crippen LogP contribution in [0, 0.1) is 0 Å². The second kappa shape index (κ2) is 6.97. The quantitative estimate of drug-likeness (QED) is 0.891. The maximum absolute atomic E-state index is 12.4. The Balaban J connectivity index is 1.99. The molecule has 0 bridgehead atoms. The molecule has 2 N–H and O–H groups in total. The summed E-state index contributed by atoms with van der Waals surface area (Å²) in [6.07, 6.45) is 1.60. The smallest absolute Gasteiger partial charge is 0.273 e. The van der Waals surface area contributed by atoms with E-state index in [4.69, 9.17) is 5.73 Å². The molecule has 0 spiro atoms. The highest BCUT2D eigenvalue weighted by Gasteiger charge is 2.20. The summed E-state index contributed by atoms with van der Waals surface area (Å²) in [7, 11) is 1.84. The molecule has 108 valence electrons. The number of hydrogen-bond acceptors (Lipinski definition) is 5. The maximum atomic E-state index is 12.4.